The molecule has 118 valence electrons. The van der Waals surface area contributed by atoms with Gasteiger partial charge >= 0.3 is 0 Å². The quantitative estimate of drug-likeness (QED) is 0.877. The average molecular weight is 289 g/mol. The Morgan fingerprint density at radius 2 is 2.00 bits per heavy atom. The fraction of sp³-hybridized carbons (Fsp3) is 0.684. The fourth-order valence-corrected chi connectivity index (χ4v) is 3.41. The Kier molecular flexibility index (Phi) is 5.32. The van der Waals surface area contributed by atoms with Crippen molar-refractivity contribution in [1.29, 1.82) is 0 Å². The minimum absolute atomic E-state index is 0.282. The molecule has 1 aromatic rings. The van der Waals surface area contributed by atoms with Gasteiger partial charge in [-0.1, -0.05) is 39.8 Å². The van der Waals surface area contributed by atoms with Crippen molar-refractivity contribution in [2.24, 2.45) is 11.3 Å². The molecule has 0 heterocycles. The van der Waals surface area contributed by atoms with E-state index < -0.39 is 0 Å². The summed E-state index contributed by atoms with van der Waals surface area (Å²) in [6, 6.07) is 8.90. The van der Waals surface area contributed by atoms with Gasteiger partial charge in [-0.25, -0.2) is 0 Å². The summed E-state index contributed by atoms with van der Waals surface area (Å²) in [6.07, 6.45) is 3.95. The largest absolute Gasteiger partial charge is 0.489 e. The molecule has 21 heavy (non-hydrogen) atoms. The Bertz CT molecular complexity index is 449. The molecule has 0 bridgehead atoms. The van der Waals surface area contributed by atoms with E-state index in [-0.39, 0.29) is 6.10 Å². The summed E-state index contributed by atoms with van der Waals surface area (Å²) in [5.41, 5.74) is 1.63. The molecule has 1 aliphatic rings. The van der Waals surface area contributed by atoms with Gasteiger partial charge in [-0.3, -0.25) is 0 Å². The molecule has 2 nitrogen and oxygen atoms in total. The summed E-state index contributed by atoms with van der Waals surface area (Å²) in [4.78, 5) is 0. The standard InChI is InChI=1S/C19H31NO/c1-6-20-17-11-10-15(19(3,4)5)13-18(17)21-16-9-7-8-14(2)12-16/h7-9,12,15,17-18,20H,6,10-11,13H2,1-5H3. The number of benzene rings is 1. The fourth-order valence-electron chi connectivity index (χ4n) is 3.41. The second kappa shape index (κ2) is 6.83. The van der Waals surface area contributed by atoms with Crippen LogP contribution in [0, 0.1) is 18.3 Å². The first-order valence-electron chi connectivity index (χ1n) is 8.37. The van der Waals surface area contributed by atoms with Gasteiger partial charge in [0, 0.05) is 6.04 Å². The third-order valence-corrected chi connectivity index (χ3v) is 4.76. The zero-order chi connectivity index (χ0) is 15.5. The summed E-state index contributed by atoms with van der Waals surface area (Å²) in [5, 5.41) is 3.62. The van der Waals surface area contributed by atoms with Crippen molar-refractivity contribution >= 4 is 0 Å². The molecule has 0 amide bonds. The van der Waals surface area contributed by atoms with E-state index in [9.17, 15) is 0 Å². The smallest absolute Gasteiger partial charge is 0.120 e. The monoisotopic (exact) mass is 289 g/mol. The van der Waals surface area contributed by atoms with Crippen molar-refractivity contribution in [3.05, 3.63) is 29.8 Å². The third kappa shape index (κ3) is 4.47. The lowest BCUT2D eigenvalue weighted by atomic mass is 9.70. The first kappa shape index (κ1) is 16.4. The van der Waals surface area contributed by atoms with Gasteiger partial charge in [0.05, 0.1) is 0 Å². The van der Waals surface area contributed by atoms with Gasteiger partial charge < -0.3 is 10.1 Å². The van der Waals surface area contributed by atoms with Crippen LogP contribution < -0.4 is 10.1 Å². The summed E-state index contributed by atoms with van der Waals surface area (Å²) in [6.45, 7) is 12.4. The number of hydrogen-bond donors (Lipinski definition) is 1. The second-order valence-corrected chi connectivity index (χ2v) is 7.51. The Labute approximate surface area is 130 Å². The lowest BCUT2D eigenvalue weighted by Gasteiger charge is -2.42. The topological polar surface area (TPSA) is 21.3 Å². The van der Waals surface area contributed by atoms with Gasteiger partial charge in [0.25, 0.3) is 0 Å². The summed E-state index contributed by atoms with van der Waals surface area (Å²) in [5.74, 6) is 1.75. The van der Waals surface area contributed by atoms with E-state index in [2.05, 4.69) is 64.2 Å². The zero-order valence-corrected chi connectivity index (χ0v) is 14.3. The lowest BCUT2D eigenvalue weighted by Crippen LogP contribution is -2.48. The SMILES string of the molecule is CCNC1CCC(C(C)(C)C)CC1Oc1cccc(C)c1. The Morgan fingerprint density at radius 3 is 2.62 bits per heavy atom. The molecule has 0 spiro atoms. The van der Waals surface area contributed by atoms with Crippen LogP contribution in [0.25, 0.3) is 0 Å². The summed E-state index contributed by atoms with van der Waals surface area (Å²) < 4.78 is 6.36. The highest BCUT2D eigenvalue weighted by Crippen LogP contribution is 2.39. The van der Waals surface area contributed by atoms with E-state index in [1.54, 1.807) is 0 Å². The van der Waals surface area contributed by atoms with Crippen LogP contribution in [-0.2, 0) is 0 Å². The maximum Gasteiger partial charge on any atom is 0.120 e. The highest BCUT2D eigenvalue weighted by atomic mass is 16.5. The van der Waals surface area contributed by atoms with Crippen LogP contribution in [0.2, 0.25) is 0 Å². The van der Waals surface area contributed by atoms with Gasteiger partial charge in [0.1, 0.15) is 11.9 Å². The normalized spacial score (nSPS) is 26.6. The van der Waals surface area contributed by atoms with Crippen LogP contribution >= 0.6 is 0 Å². The molecule has 0 aliphatic heterocycles. The van der Waals surface area contributed by atoms with Crippen molar-refractivity contribution < 1.29 is 4.74 Å². The number of likely N-dealkylation sites (N-methyl/N-ethyl adjacent to an activating group) is 1. The molecule has 2 rings (SSSR count). The molecule has 1 fully saturated rings. The Balaban J connectivity index is 2.10. The number of nitrogens with one attached hydrogen (secondary N) is 1. The molecule has 0 saturated heterocycles. The van der Waals surface area contributed by atoms with Crippen LogP contribution in [-0.4, -0.2) is 18.7 Å². The number of rotatable bonds is 4. The van der Waals surface area contributed by atoms with Crippen molar-refractivity contribution in [3.8, 4) is 5.75 Å². The van der Waals surface area contributed by atoms with E-state index in [1.807, 2.05) is 0 Å². The highest BCUT2D eigenvalue weighted by Gasteiger charge is 2.36. The third-order valence-electron chi connectivity index (χ3n) is 4.76. The molecule has 1 N–H and O–H groups in total. The minimum atomic E-state index is 0.282. The molecule has 1 aliphatic carbocycles. The highest BCUT2D eigenvalue weighted by molar-refractivity contribution is 5.27. The number of hydrogen-bond acceptors (Lipinski definition) is 2. The lowest BCUT2D eigenvalue weighted by molar-refractivity contribution is 0.0476. The Morgan fingerprint density at radius 1 is 1.24 bits per heavy atom. The van der Waals surface area contributed by atoms with Crippen molar-refractivity contribution in [2.45, 2.75) is 66.0 Å². The first-order valence-corrected chi connectivity index (χ1v) is 8.37. The van der Waals surface area contributed by atoms with Crippen LogP contribution in [0.3, 0.4) is 0 Å². The van der Waals surface area contributed by atoms with E-state index in [1.165, 1.54) is 18.4 Å². The maximum absolute atomic E-state index is 6.36. The van der Waals surface area contributed by atoms with Gasteiger partial charge in [-0.05, 0) is 61.8 Å². The second-order valence-electron chi connectivity index (χ2n) is 7.51. The maximum atomic E-state index is 6.36. The molecule has 1 aromatic carbocycles. The van der Waals surface area contributed by atoms with Gasteiger partial charge in [-0.2, -0.15) is 0 Å². The molecule has 2 heteroatoms. The van der Waals surface area contributed by atoms with Gasteiger partial charge in [0.15, 0.2) is 0 Å². The van der Waals surface area contributed by atoms with E-state index in [0.717, 1.165) is 24.6 Å². The molecule has 1 saturated carbocycles. The van der Waals surface area contributed by atoms with E-state index >= 15 is 0 Å². The molecule has 3 atom stereocenters. The minimum Gasteiger partial charge on any atom is -0.489 e. The predicted octanol–water partition coefficient (Wildman–Crippen LogP) is 4.57. The van der Waals surface area contributed by atoms with Crippen LogP contribution in [0.4, 0.5) is 0 Å². The number of ether oxygens (including phenoxy) is 1. The van der Waals surface area contributed by atoms with Crippen LogP contribution in [0.5, 0.6) is 5.75 Å². The Hall–Kier alpha value is -1.02. The molecule has 3 unspecified atom stereocenters. The van der Waals surface area contributed by atoms with E-state index in [4.69, 9.17) is 4.74 Å². The van der Waals surface area contributed by atoms with Gasteiger partial charge in [0.2, 0.25) is 0 Å². The van der Waals surface area contributed by atoms with Crippen molar-refractivity contribution in [2.75, 3.05) is 6.54 Å². The van der Waals surface area contributed by atoms with E-state index in [0.29, 0.717) is 11.5 Å². The van der Waals surface area contributed by atoms with Crippen molar-refractivity contribution in [1.82, 2.24) is 5.32 Å². The number of aryl methyl sites for hydroxylation is 1. The van der Waals surface area contributed by atoms with Crippen LogP contribution in [0.15, 0.2) is 24.3 Å². The summed E-state index contributed by atoms with van der Waals surface area (Å²) in [7, 11) is 0. The first-order chi connectivity index (χ1) is 9.90. The predicted molar refractivity (Wildman–Crippen MR) is 89.9 cm³/mol. The molecular weight excluding hydrogens is 258 g/mol. The summed E-state index contributed by atoms with van der Waals surface area (Å²) >= 11 is 0. The van der Waals surface area contributed by atoms with Gasteiger partial charge in [-0.15, -0.1) is 0 Å². The zero-order valence-electron chi connectivity index (χ0n) is 14.3. The molecular formula is C19H31NO. The van der Waals surface area contributed by atoms with Crippen molar-refractivity contribution in [3.63, 3.8) is 0 Å². The van der Waals surface area contributed by atoms with Crippen LogP contribution in [0.1, 0.15) is 52.5 Å². The average Bonchev–Trinajstić information content (AvgIpc) is 2.40. The molecule has 0 aromatic heterocycles. The molecule has 0 radical (unpaired) electrons.